The summed E-state index contributed by atoms with van der Waals surface area (Å²) in [5, 5.41) is 0. The van der Waals surface area contributed by atoms with Gasteiger partial charge in [0, 0.05) is 24.9 Å². The molecule has 1 N–H and O–H groups in total. The highest BCUT2D eigenvalue weighted by Gasteiger charge is 2.65. The van der Waals surface area contributed by atoms with Crippen molar-refractivity contribution in [1.82, 2.24) is 9.03 Å². The molecule has 0 saturated heterocycles. The van der Waals surface area contributed by atoms with Crippen molar-refractivity contribution < 1.29 is 21.6 Å². The fourth-order valence-corrected chi connectivity index (χ4v) is 9.86. The van der Waals surface area contributed by atoms with Crippen LogP contribution in [0.1, 0.15) is 38.7 Å². The van der Waals surface area contributed by atoms with Gasteiger partial charge in [-0.25, -0.2) is 21.6 Å². The Morgan fingerprint density at radius 3 is 2.19 bits per heavy atom. The molecule has 1 unspecified atom stereocenters. The summed E-state index contributed by atoms with van der Waals surface area (Å²) in [7, 11) is -7.74. The number of carbonyl (C=O) groups excluding carboxylic acids is 1. The quantitative estimate of drug-likeness (QED) is 0.593. The molecule has 1 aliphatic heterocycles. The summed E-state index contributed by atoms with van der Waals surface area (Å²) in [6.45, 7) is 4.12. The molecule has 3 aliphatic rings. The van der Waals surface area contributed by atoms with E-state index in [0.29, 0.717) is 12.8 Å². The van der Waals surface area contributed by atoms with Crippen LogP contribution in [0.3, 0.4) is 0 Å². The number of ketones is 1. The van der Waals surface area contributed by atoms with Gasteiger partial charge in [0.15, 0.2) is 0 Å². The van der Waals surface area contributed by atoms with Crippen molar-refractivity contribution in [2.24, 2.45) is 16.7 Å². The van der Waals surface area contributed by atoms with Crippen molar-refractivity contribution >= 4 is 31.4 Å². The molecule has 2 aromatic rings. The summed E-state index contributed by atoms with van der Waals surface area (Å²) < 4.78 is 58.0. The van der Waals surface area contributed by atoms with E-state index in [1.807, 2.05) is 44.2 Å². The number of hydrogen-bond donors (Lipinski definition) is 1. The molecule has 2 fully saturated rings. The molecule has 0 aromatic heterocycles. The molecule has 2 aromatic carbocycles. The first kappa shape index (κ1) is 25.3. The van der Waals surface area contributed by atoms with E-state index >= 15 is 0 Å². The molecule has 0 amide bonds. The van der Waals surface area contributed by atoms with Crippen LogP contribution in [0.5, 0.6) is 0 Å². The summed E-state index contributed by atoms with van der Waals surface area (Å²) in [4.78, 5) is 13.1. The lowest BCUT2D eigenvalue weighted by Gasteiger charge is -2.37. The Bertz CT molecular complexity index is 1400. The van der Waals surface area contributed by atoms with Crippen molar-refractivity contribution in [2.75, 3.05) is 18.8 Å². The number of fused-ring (bicyclic) bond motifs is 2. The van der Waals surface area contributed by atoms with Crippen molar-refractivity contribution in [2.45, 2.75) is 44.0 Å². The smallest absolute Gasteiger partial charge is 0.243 e. The number of nitrogens with zero attached hydrogens (tertiary/aromatic N) is 1. The highest BCUT2D eigenvalue weighted by Crippen LogP contribution is 2.64. The van der Waals surface area contributed by atoms with E-state index in [1.165, 1.54) is 16.4 Å². The van der Waals surface area contributed by atoms with Crippen LogP contribution in [0.25, 0.3) is 5.57 Å². The maximum absolute atomic E-state index is 13.6. The van der Waals surface area contributed by atoms with Gasteiger partial charge in [-0.1, -0.05) is 68.5 Å². The number of benzene rings is 2. The number of nitrogens with one attached hydrogen (secondary N) is 1. The third-order valence-corrected chi connectivity index (χ3v) is 12.0. The zero-order valence-electron chi connectivity index (χ0n) is 20.6. The largest absolute Gasteiger partial charge is 0.299 e. The van der Waals surface area contributed by atoms with Crippen LogP contribution in [0.2, 0.25) is 0 Å². The second kappa shape index (κ2) is 8.90. The molecule has 5 rings (SSSR count). The van der Waals surface area contributed by atoms with Crippen LogP contribution in [-0.2, 0) is 24.8 Å². The minimum atomic E-state index is -3.92. The lowest BCUT2D eigenvalue weighted by Crippen LogP contribution is -2.52. The molecule has 1 heterocycles. The van der Waals surface area contributed by atoms with Crippen LogP contribution in [0.4, 0.5) is 0 Å². The van der Waals surface area contributed by atoms with E-state index in [0.717, 1.165) is 17.6 Å². The van der Waals surface area contributed by atoms with Gasteiger partial charge in [-0.2, -0.15) is 4.31 Å². The molecular weight excluding hydrogens is 496 g/mol. The van der Waals surface area contributed by atoms with Gasteiger partial charge in [0.05, 0.1) is 16.7 Å². The first-order valence-corrected chi connectivity index (χ1v) is 15.4. The minimum absolute atomic E-state index is 0.0323. The maximum Gasteiger partial charge on any atom is 0.243 e. The van der Waals surface area contributed by atoms with Crippen LogP contribution < -0.4 is 4.72 Å². The average molecular weight is 529 g/mol. The first-order valence-electron chi connectivity index (χ1n) is 12.3. The van der Waals surface area contributed by atoms with Gasteiger partial charge in [-0.15, -0.1) is 0 Å². The van der Waals surface area contributed by atoms with Crippen LogP contribution in [-0.4, -0.2) is 51.8 Å². The zero-order chi connectivity index (χ0) is 25.8. The molecule has 3 atom stereocenters. The molecule has 2 saturated carbocycles. The summed E-state index contributed by atoms with van der Waals surface area (Å²) >= 11 is 0. The molecule has 2 aliphatic carbocycles. The minimum Gasteiger partial charge on any atom is -0.299 e. The molecule has 9 heteroatoms. The lowest BCUT2D eigenvalue weighted by molar-refractivity contribution is -0.128. The van der Waals surface area contributed by atoms with Crippen molar-refractivity contribution in [3.63, 3.8) is 0 Å². The average Bonchev–Trinajstić information content (AvgIpc) is 3.19. The van der Waals surface area contributed by atoms with Gasteiger partial charge >= 0.3 is 0 Å². The van der Waals surface area contributed by atoms with E-state index in [-0.39, 0.29) is 40.9 Å². The summed E-state index contributed by atoms with van der Waals surface area (Å²) in [5.74, 6) is -0.0298. The molecule has 0 radical (unpaired) electrons. The van der Waals surface area contributed by atoms with Gasteiger partial charge in [0.1, 0.15) is 5.78 Å². The summed E-state index contributed by atoms with van der Waals surface area (Å²) in [6, 6.07) is 16.8. The topological polar surface area (TPSA) is 101 Å². The van der Waals surface area contributed by atoms with Crippen molar-refractivity contribution in [1.29, 1.82) is 0 Å². The second-order valence-corrected chi connectivity index (χ2v) is 14.4. The fourth-order valence-electron chi connectivity index (χ4n) is 6.40. The third kappa shape index (κ3) is 4.16. The molecule has 0 spiro atoms. The Balaban J connectivity index is 1.46. The van der Waals surface area contributed by atoms with E-state index in [4.69, 9.17) is 0 Å². The van der Waals surface area contributed by atoms with E-state index in [9.17, 15) is 21.6 Å². The number of rotatable bonds is 7. The van der Waals surface area contributed by atoms with Crippen LogP contribution in [0.15, 0.2) is 71.6 Å². The molecular formula is C27H32N2O5S2. The predicted octanol–water partition coefficient (Wildman–Crippen LogP) is 3.46. The Morgan fingerprint density at radius 1 is 0.972 bits per heavy atom. The normalized spacial score (nSPS) is 28.3. The van der Waals surface area contributed by atoms with Crippen LogP contribution in [0, 0.1) is 16.7 Å². The van der Waals surface area contributed by atoms with Crippen molar-refractivity contribution in [3.05, 3.63) is 72.3 Å². The van der Waals surface area contributed by atoms with E-state index in [1.54, 1.807) is 24.3 Å². The van der Waals surface area contributed by atoms with Crippen LogP contribution >= 0.6 is 0 Å². The number of sulfonamides is 2. The third-order valence-electron chi connectivity index (χ3n) is 8.66. The molecule has 36 heavy (non-hydrogen) atoms. The fraction of sp³-hybridized carbons (Fsp3) is 0.444. The molecule has 192 valence electrons. The van der Waals surface area contributed by atoms with Gasteiger partial charge in [-0.3, -0.25) is 4.79 Å². The zero-order valence-corrected chi connectivity index (χ0v) is 22.2. The number of Topliss-reactive ketones (excluding diaryl/α,β-unsaturated/α-hetero) is 1. The van der Waals surface area contributed by atoms with Gasteiger partial charge < -0.3 is 0 Å². The summed E-state index contributed by atoms with van der Waals surface area (Å²) in [6.07, 6.45) is 3.65. The molecule has 7 nitrogen and oxygen atoms in total. The van der Waals surface area contributed by atoms with E-state index in [2.05, 4.69) is 4.72 Å². The van der Waals surface area contributed by atoms with Gasteiger partial charge in [0.25, 0.3) is 0 Å². The predicted molar refractivity (Wildman–Crippen MR) is 139 cm³/mol. The highest BCUT2D eigenvalue weighted by molar-refractivity contribution is 7.89. The first-order chi connectivity index (χ1) is 17.0. The maximum atomic E-state index is 13.6. The van der Waals surface area contributed by atoms with Crippen molar-refractivity contribution in [3.8, 4) is 0 Å². The Kier molecular flexibility index (Phi) is 6.26. The van der Waals surface area contributed by atoms with Gasteiger partial charge in [-0.05, 0) is 47.4 Å². The lowest BCUT2D eigenvalue weighted by atomic mass is 9.70. The highest BCUT2D eigenvalue weighted by atomic mass is 32.2. The number of hydrogen-bond acceptors (Lipinski definition) is 5. The monoisotopic (exact) mass is 528 g/mol. The Morgan fingerprint density at radius 2 is 1.61 bits per heavy atom. The standard InChI is InChI=1S/C27H32N2O5S2/c1-26(2)21-13-15-27(26,25(30)17-21)19-35(31,32)28-24-18-29(36(33,34)22-11-7-4-8-12-22)16-14-23(24)20-9-5-3-6-10-20/h3-12,14,21,24,28H,13,15-19H2,1-2H3/t21-,24?,27-/m1/s1. The number of carbonyl (C=O) groups is 1. The summed E-state index contributed by atoms with van der Waals surface area (Å²) in [5.41, 5.74) is 0.285. The van der Waals surface area contributed by atoms with Gasteiger partial charge in [0.2, 0.25) is 20.0 Å². The Hall–Kier alpha value is -2.33. The Labute approximate surface area is 213 Å². The van der Waals surface area contributed by atoms with E-state index < -0.39 is 31.5 Å². The second-order valence-electron chi connectivity index (χ2n) is 10.8. The SMILES string of the molecule is CC1(C)[C@@H]2CC[C@@]1(CS(=O)(=O)NC1CN(S(=O)(=O)c3ccccc3)CC=C1c1ccccc1)C(=O)C2. The molecule has 2 bridgehead atoms.